The highest BCUT2D eigenvalue weighted by molar-refractivity contribution is 7.92. The van der Waals surface area contributed by atoms with Crippen LogP contribution in [0.1, 0.15) is 17.2 Å². The zero-order valence-electron chi connectivity index (χ0n) is 20.2. The normalized spacial score (nSPS) is 14.4. The fraction of sp³-hybridized carbons (Fsp3) is 0.269. The fourth-order valence-electron chi connectivity index (χ4n) is 4.51. The Morgan fingerprint density at radius 2 is 1.47 bits per heavy atom. The van der Waals surface area contributed by atoms with Crippen molar-refractivity contribution < 1.29 is 22.0 Å². The first-order valence-electron chi connectivity index (χ1n) is 11.8. The molecule has 38 heavy (non-hydrogen) atoms. The van der Waals surface area contributed by atoms with Gasteiger partial charge < -0.3 is 11.1 Å². The molecule has 0 aromatic heterocycles. The largest absolute Gasteiger partial charge is 0.354 e. The second kappa shape index (κ2) is 12.0. The van der Waals surface area contributed by atoms with Crippen molar-refractivity contribution in [1.82, 2.24) is 10.2 Å². The van der Waals surface area contributed by atoms with Gasteiger partial charge in [-0.15, -0.1) is 0 Å². The average molecular weight is 583 g/mol. The molecule has 0 spiro atoms. The Hall–Kier alpha value is -2.76. The molecular weight excluding hydrogens is 557 g/mol. The van der Waals surface area contributed by atoms with Gasteiger partial charge in [-0.2, -0.15) is 0 Å². The van der Waals surface area contributed by atoms with Gasteiger partial charge in [0.1, 0.15) is 11.6 Å². The number of rotatable bonds is 10. The second-order valence-electron chi connectivity index (χ2n) is 8.91. The van der Waals surface area contributed by atoms with Crippen LogP contribution >= 0.6 is 23.2 Å². The van der Waals surface area contributed by atoms with E-state index in [-0.39, 0.29) is 37.9 Å². The Kier molecular flexibility index (Phi) is 8.89. The summed E-state index contributed by atoms with van der Waals surface area (Å²) in [5, 5.41) is 3.58. The van der Waals surface area contributed by atoms with Gasteiger partial charge >= 0.3 is 0 Å². The number of benzene rings is 3. The van der Waals surface area contributed by atoms with Gasteiger partial charge in [0.05, 0.1) is 30.1 Å². The first-order valence-corrected chi connectivity index (χ1v) is 14.1. The Morgan fingerprint density at radius 1 is 0.974 bits per heavy atom. The molecule has 1 saturated heterocycles. The maximum absolute atomic E-state index is 14.1. The molecule has 3 aromatic rings. The van der Waals surface area contributed by atoms with Gasteiger partial charge in [0.2, 0.25) is 15.9 Å². The monoisotopic (exact) mass is 582 g/mol. The van der Waals surface area contributed by atoms with Gasteiger partial charge in [-0.25, -0.2) is 17.2 Å². The number of hydrogen-bond donors (Lipinski definition) is 2. The number of likely N-dealkylation sites (tertiary alicyclic amines) is 1. The molecule has 0 bridgehead atoms. The van der Waals surface area contributed by atoms with E-state index in [1.165, 1.54) is 0 Å². The van der Waals surface area contributed by atoms with E-state index >= 15 is 0 Å². The first-order chi connectivity index (χ1) is 18.1. The fourth-order valence-corrected chi connectivity index (χ4v) is 6.33. The molecule has 1 aliphatic heterocycles. The summed E-state index contributed by atoms with van der Waals surface area (Å²) in [6, 6.07) is 16.5. The van der Waals surface area contributed by atoms with Crippen molar-refractivity contribution in [3.05, 3.63) is 99.5 Å². The van der Waals surface area contributed by atoms with Gasteiger partial charge in [0, 0.05) is 35.7 Å². The number of amides is 1. The quantitative estimate of drug-likeness (QED) is 0.377. The van der Waals surface area contributed by atoms with Crippen LogP contribution < -0.4 is 15.4 Å². The summed E-state index contributed by atoms with van der Waals surface area (Å²) < 4.78 is 56.1. The zero-order chi connectivity index (χ0) is 27.4. The van der Waals surface area contributed by atoms with E-state index in [1.807, 2.05) is 24.3 Å². The lowest BCUT2D eigenvalue weighted by atomic mass is 9.93. The van der Waals surface area contributed by atoms with Gasteiger partial charge in [-0.3, -0.25) is 14.0 Å². The number of nitrogens with zero attached hydrogens (tertiary/aromatic N) is 2. The third-order valence-electron chi connectivity index (χ3n) is 6.23. The standard InChI is InChI=1S/C26H26Cl2F2N4O3S/c27-19-5-1-17(2-6-19)26(18-3-7-20(28)8-4-18)33-15-24(16-33)34(23-12-21(29)11-22(30)13-23)38(36,37)10-9-32-25(35)14-31/h1-8,11-13,24,26H,9-10,14-16,31H2,(H,32,35). The Balaban J connectivity index is 1.63. The smallest absolute Gasteiger partial charge is 0.237 e. The predicted molar refractivity (Wildman–Crippen MR) is 145 cm³/mol. The van der Waals surface area contributed by atoms with Crippen molar-refractivity contribution in [2.24, 2.45) is 5.73 Å². The molecule has 12 heteroatoms. The van der Waals surface area contributed by atoms with Crippen molar-refractivity contribution in [2.75, 3.05) is 36.2 Å². The van der Waals surface area contributed by atoms with E-state index in [0.29, 0.717) is 16.1 Å². The number of carbonyl (C=O) groups excluding carboxylic acids is 1. The minimum absolute atomic E-state index is 0.119. The lowest BCUT2D eigenvalue weighted by Crippen LogP contribution is -2.62. The van der Waals surface area contributed by atoms with Crippen LogP contribution in [-0.2, 0) is 14.8 Å². The van der Waals surface area contributed by atoms with Crippen LogP contribution in [-0.4, -0.2) is 57.2 Å². The Morgan fingerprint density at radius 3 is 1.95 bits per heavy atom. The number of nitrogens with one attached hydrogen (secondary N) is 1. The Bertz CT molecular complexity index is 1320. The molecule has 3 N–H and O–H groups in total. The summed E-state index contributed by atoms with van der Waals surface area (Å²) >= 11 is 12.2. The van der Waals surface area contributed by atoms with Crippen molar-refractivity contribution in [3.8, 4) is 0 Å². The van der Waals surface area contributed by atoms with E-state index in [0.717, 1.165) is 27.6 Å². The molecule has 0 aliphatic carbocycles. The van der Waals surface area contributed by atoms with Crippen molar-refractivity contribution >= 4 is 44.8 Å². The highest BCUT2D eigenvalue weighted by atomic mass is 35.5. The lowest BCUT2D eigenvalue weighted by Gasteiger charge is -2.49. The second-order valence-corrected chi connectivity index (χ2v) is 11.7. The Labute approximate surface area is 230 Å². The van der Waals surface area contributed by atoms with Gasteiger partial charge in [-0.05, 0) is 47.5 Å². The van der Waals surface area contributed by atoms with Crippen LogP contribution in [0.4, 0.5) is 14.5 Å². The molecule has 0 unspecified atom stereocenters. The van der Waals surface area contributed by atoms with Crippen molar-refractivity contribution in [3.63, 3.8) is 0 Å². The third kappa shape index (κ3) is 6.62. The minimum Gasteiger partial charge on any atom is -0.354 e. The summed E-state index contributed by atoms with van der Waals surface area (Å²) in [7, 11) is -4.08. The van der Waals surface area contributed by atoms with Crippen LogP contribution in [0.15, 0.2) is 66.7 Å². The zero-order valence-corrected chi connectivity index (χ0v) is 22.5. The lowest BCUT2D eigenvalue weighted by molar-refractivity contribution is -0.119. The van der Waals surface area contributed by atoms with E-state index in [2.05, 4.69) is 10.2 Å². The molecule has 202 valence electrons. The summed E-state index contributed by atoms with van der Waals surface area (Å²) in [6.07, 6.45) is 0. The summed E-state index contributed by atoms with van der Waals surface area (Å²) in [4.78, 5) is 13.6. The van der Waals surface area contributed by atoms with Crippen LogP contribution in [0.5, 0.6) is 0 Å². The summed E-state index contributed by atoms with van der Waals surface area (Å²) in [5.41, 5.74) is 7.02. The molecule has 1 amide bonds. The molecule has 3 aromatic carbocycles. The summed E-state index contributed by atoms with van der Waals surface area (Å²) in [6.45, 7) is 0.0827. The number of carbonyl (C=O) groups is 1. The number of halogens is 4. The van der Waals surface area contributed by atoms with E-state index in [9.17, 15) is 22.0 Å². The summed E-state index contributed by atoms with van der Waals surface area (Å²) in [5.74, 6) is -2.77. The van der Waals surface area contributed by atoms with Crippen molar-refractivity contribution in [1.29, 1.82) is 0 Å². The van der Waals surface area contributed by atoms with Gasteiger partial charge in [0.15, 0.2) is 0 Å². The maximum atomic E-state index is 14.1. The number of nitrogens with two attached hydrogens (primary N) is 1. The predicted octanol–water partition coefficient (Wildman–Crippen LogP) is 3.96. The van der Waals surface area contributed by atoms with E-state index < -0.39 is 39.4 Å². The average Bonchev–Trinajstić information content (AvgIpc) is 2.83. The number of sulfonamides is 1. The molecule has 0 atom stereocenters. The van der Waals surface area contributed by atoms with Crippen molar-refractivity contribution in [2.45, 2.75) is 12.1 Å². The molecule has 7 nitrogen and oxygen atoms in total. The van der Waals surface area contributed by atoms with Crippen LogP contribution in [0.2, 0.25) is 10.0 Å². The molecule has 0 radical (unpaired) electrons. The first kappa shape index (κ1) is 28.3. The highest BCUT2D eigenvalue weighted by Gasteiger charge is 2.42. The van der Waals surface area contributed by atoms with Gasteiger partial charge in [-0.1, -0.05) is 47.5 Å². The maximum Gasteiger partial charge on any atom is 0.237 e. The van der Waals surface area contributed by atoms with Crippen LogP contribution in [0.25, 0.3) is 0 Å². The SMILES string of the molecule is NCC(=O)NCCS(=O)(=O)N(c1cc(F)cc(F)c1)C1CN(C(c2ccc(Cl)cc2)c2ccc(Cl)cc2)C1. The molecule has 0 saturated carbocycles. The molecule has 4 rings (SSSR count). The molecule has 1 fully saturated rings. The van der Waals surface area contributed by atoms with E-state index in [4.69, 9.17) is 28.9 Å². The van der Waals surface area contributed by atoms with E-state index in [1.54, 1.807) is 24.3 Å². The number of hydrogen-bond acceptors (Lipinski definition) is 5. The van der Waals surface area contributed by atoms with Crippen LogP contribution in [0.3, 0.4) is 0 Å². The highest BCUT2D eigenvalue weighted by Crippen LogP contribution is 2.37. The number of anilines is 1. The third-order valence-corrected chi connectivity index (χ3v) is 8.56. The molecular formula is C26H26Cl2F2N4O3S. The van der Waals surface area contributed by atoms with Gasteiger partial charge in [0.25, 0.3) is 0 Å². The topological polar surface area (TPSA) is 95.7 Å². The molecule has 1 heterocycles. The molecule has 1 aliphatic rings. The minimum atomic E-state index is -4.08. The van der Waals surface area contributed by atoms with Crippen LogP contribution in [0, 0.1) is 11.6 Å².